The molecular formula is C16H27N3. The van der Waals surface area contributed by atoms with E-state index >= 15 is 0 Å². The van der Waals surface area contributed by atoms with Crippen LogP contribution in [-0.2, 0) is 6.54 Å². The van der Waals surface area contributed by atoms with Crippen molar-refractivity contribution >= 4 is 5.69 Å². The van der Waals surface area contributed by atoms with Crippen molar-refractivity contribution in [2.75, 3.05) is 32.1 Å². The lowest BCUT2D eigenvalue weighted by Crippen LogP contribution is -2.28. The van der Waals surface area contributed by atoms with Gasteiger partial charge in [-0.1, -0.05) is 31.9 Å². The zero-order valence-corrected chi connectivity index (χ0v) is 12.5. The molecule has 2 rings (SSSR count). The molecule has 19 heavy (non-hydrogen) atoms. The van der Waals surface area contributed by atoms with E-state index in [1.165, 1.54) is 36.1 Å². The molecule has 0 bridgehead atoms. The maximum Gasteiger partial charge on any atom is 0.0478 e. The van der Waals surface area contributed by atoms with Gasteiger partial charge in [-0.15, -0.1) is 0 Å². The van der Waals surface area contributed by atoms with Crippen LogP contribution >= 0.6 is 0 Å². The third-order valence-electron chi connectivity index (χ3n) is 4.10. The van der Waals surface area contributed by atoms with Crippen LogP contribution in [0, 0.1) is 0 Å². The van der Waals surface area contributed by atoms with Crippen molar-refractivity contribution in [3.8, 4) is 0 Å². The molecule has 0 saturated carbocycles. The fourth-order valence-electron chi connectivity index (χ4n) is 3.08. The molecule has 3 nitrogen and oxygen atoms in total. The molecule has 1 aliphatic rings. The fourth-order valence-corrected chi connectivity index (χ4v) is 3.08. The summed E-state index contributed by atoms with van der Waals surface area (Å²) in [5.74, 6) is 0. The molecule has 0 saturated heterocycles. The highest BCUT2D eigenvalue weighted by Gasteiger charge is 2.30. The van der Waals surface area contributed by atoms with E-state index in [2.05, 4.69) is 49.0 Å². The Hall–Kier alpha value is -1.06. The van der Waals surface area contributed by atoms with E-state index in [1.807, 2.05) is 0 Å². The normalized spacial score (nSPS) is 18.6. The summed E-state index contributed by atoms with van der Waals surface area (Å²) in [6.07, 6.45) is 3.86. The minimum absolute atomic E-state index is 0.409. The second kappa shape index (κ2) is 6.40. The largest absolute Gasteiger partial charge is 0.377 e. The van der Waals surface area contributed by atoms with Crippen LogP contribution in [0.15, 0.2) is 18.2 Å². The number of nitrogens with two attached hydrogens (primary N) is 1. The molecule has 0 fully saturated rings. The maximum atomic E-state index is 6.01. The summed E-state index contributed by atoms with van der Waals surface area (Å²) in [5, 5.41) is 0. The molecule has 2 N–H and O–H groups in total. The van der Waals surface area contributed by atoms with Gasteiger partial charge in [0.2, 0.25) is 0 Å². The smallest absolute Gasteiger partial charge is 0.0478 e. The quantitative estimate of drug-likeness (QED) is 0.799. The van der Waals surface area contributed by atoms with E-state index in [0.717, 1.165) is 19.6 Å². The van der Waals surface area contributed by atoms with Gasteiger partial charge in [0.15, 0.2) is 0 Å². The van der Waals surface area contributed by atoms with Gasteiger partial charge < -0.3 is 10.6 Å². The maximum absolute atomic E-state index is 6.01. The van der Waals surface area contributed by atoms with Gasteiger partial charge in [-0.3, -0.25) is 4.90 Å². The number of fused-ring (bicyclic) bond motifs is 1. The molecule has 0 spiro atoms. The number of rotatable bonds is 6. The number of unbranched alkanes of at least 4 members (excludes halogenated alkanes) is 2. The molecule has 3 heteroatoms. The third kappa shape index (κ3) is 2.93. The van der Waals surface area contributed by atoms with Crippen LogP contribution in [0.25, 0.3) is 0 Å². The molecule has 0 aliphatic carbocycles. The standard InChI is InChI=1S/C16H27N3/c1-4-5-6-10-19-12-14-13(16(19)11-17)8-7-9-15(14)18(2)3/h7-9,16H,4-6,10-12,17H2,1-3H3. The molecule has 106 valence electrons. The van der Waals surface area contributed by atoms with Crippen molar-refractivity contribution in [2.24, 2.45) is 5.73 Å². The van der Waals surface area contributed by atoms with Crippen molar-refractivity contribution in [2.45, 2.75) is 38.8 Å². The van der Waals surface area contributed by atoms with E-state index in [4.69, 9.17) is 5.73 Å². The molecular weight excluding hydrogens is 234 g/mol. The van der Waals surface area contributed by atoms with Gasteiger partial charge in [-0.2, -0.15) is 0 Å². The van der Waals surface area contributed by atoms with Gasteiger partial charge in [-0.05, 0) is 30.2 Å². The van der Waals surface area contributed by atoms with Gasteiger partial charge in [0.05, 0.1) is 0 Å². The zero-order chi connectivity index (χ0) is 13.8. The number of benzene rings is 1. The highest BCUT2D eigenvalue weighted by molar-refractivity contribution is 5.58. The van der Waals surface area contributed by atoms with Crippen LogP contribution in [0.2, 0.25) is 0 Å². The Bertz CT molecular complexity index is 414. The Kier molecular flexibility index (Phi) is 4.83. The first-order chi connectivity index (χ1) is 9.19. The minimum Gasteiger partial charge on any atom is -0.377 e. The zero-order valence-electron chi connectivity index (χ0n) is 12.5. The third-order valence-corrected chi connectivity index (χ3v) is 4.10. The van der Waals surface area contributed by atoms with Crippen LogP contribution < -0.4 is 10.6 Å². The second-order valence-corrected chi connectivity index (χ2v) is 5.67. The Labute approximate surface area is 117 Å². The number of hydrogen-bond acceptors (Lipinski definition) is 3. The van der Waals surface area contributed by atoms with Crippen molar-refractivity contribution in [3.05, 3.63) is 29.3 Å². The van der Waals surface area contributed by atoms with E-state index in [-0.39, 0.29) is 0 Å². The average Bonchev–Trinajstić information content (AvgIpc) is 2.76. The second-order valence-electron chi connectivity index (χ2n) is 5.67. The Morgan fingerprint density at radius 2 is 2.11 bits per heavy atom. The molecule has 1 aromatic rings. The van der Waals surface area contributed by atoms with Crippen LogP contribution in [0.3, 0.4) is 0 Å². The average molecular weight is 261 g/mol. The first-order valence-electron chi connectivity index (χ1n) is 7.42. The van der Waals surface area contributed by atoms with Crippen LogP contribution in [-0.4, -0.2) is 32.1 Å². The molecule has 0 aromatic heterocycles. The van der Waals surface area contributed by atoms with Crippen molar-refractivity contribution in [1.29, 1.82) is 0 Å². The predicted octanol–water partition coefficient (Wildman–Crippen LogP) is 2.76. The lowest BCUT2D eigenvalue weighted by atomic mass is 10.0. The Morgan fingerprint density at radius 1 is 1.32 bits per heavy atom. The molecule has 1 aliphatic heterocycles. The lowest BCUT2D eigenvalue weighted by Gasteiger charge is -2.23. The molecule has 1 atom stereocenters. The Balaban J connectivity index is 2.19. The summed E-state index contributed by atoms with van der Waals surface area (Å²) in [7, 11) is 4.24. The molecule has 1 unspecified atom stereocenters. The monoisotopic (exact) mass is 261 g/mol. The number of nitrogens with zero attached hydrogens (tertiary/aromatic N) is 2. The molecule has 0 radical (unpaired) electrons. The topological polar surface area (TPSA) is 32.5 Å². The summed E-state index contributed by atoms with van der Waals surface area (Å²) in [6.45, 7) is 5.19. The van der Waals surface area contributed by atoms with E-state index in [0.29, 0.717) is 6.04 Å². The predicted molar refractivity (Wildman–Crippen MR) is 82.5 cm³/mol. The first-order valence-corrected chi connectivity index (χ1v) is 7.42. The summed E-state index contributed by atoms with van der Waals surface area (Å²) in [4.78, 5) is 4.76. The van der Waals surface area contributed by atoms with Gasteiger partial charge in [0, 0.05) is 38.9 Å². The van der Waals surface area contributed by atoms with Crippen LogP contribution in [0.1, 0.15) is 43.4 Å². The number of anilines is 1. The number of hydrogen-bond donors (Lipinski definition) is 1. The van der Waals surface area contributed by atoms with Gasteiger partial charge in [0.25, 0.3) is 0 Å². The van der Waals surface area contributed by atoms with E-state index in [1.54, 1.807) is 0 Å². The summed E-state index contributed by atoms with van der Waals surface area (Å²) < 4.78 is 0. The fraction of sp³-hybridized carbons (Fsp3) is 0.625. The minimum atomic E-state index is 0.409. The van der Waals surface area contributed by atoms with Gasteiger partial charge in [0.1, 0.15) is 0 Å². The summed E-state index contributed by atoms with van der Waals surface area (Å²) in [6, 6.07) is 7.03. The first kappa shape index (κ1) is 14.4. The summed E-state index contributed by atoms with van der Waals surface area (Å²) in [5.41, 5.74) is 10.3. The molecule has 1 heterocycles. The van der Waals surface area contributed by atoms with Crippen LogP contribution in [0.4, 0.5) is 5.69 Å². The van der Waals surface area contributed by atoms with Crippen LogP contribution in [0.5, 0.6) is 0 Å². The highest BCUT2D eigenvalue weighted by Crippen LogP contribution is 2.38. The van der Waals surface area contributed by atoms with Crippen molar-refractivity contribution in [1.82, 2.24) is 4.90 Å². The molecule has 1 aromatic carbocycles. The van der Waals surface area contributed by atoms with Crippen molar-refractivity contribution < 1.29 is 0 Å². The summed E-state index contributed by atoms with van der Waals surface area (Å²) >= 11 is 0. The van der Waals surface area contributed by atoms with Gasteiger partial charge >= 0.3 is 0 Å². The van der Waals surface area contributed by atoms with E-state index < -0.39 is 0 Å². The van der Waals surface area contributed by atoms with E-state index in [9.17, 15) is 0 Å². The lowest BCUT2D eigenvalue weighted by molar-refractivity contribution is 0.215. The molecule has 0 amide bonds. The Morgan fingerprint density at radius 3 is 2.74 bits per heavy atom. The van der Waals surface area contributed by atoms with Crippen molar-refractivity contribution in [3.63, 3.8) is 0 Å². The SMILES string of the molecule is CCCCCN1Cc2c(cccc2N(C)C)C1CN. The highest BCUT2D eigenvalue weighted by atomic mass is 15.2. The van der Waals surface area contributed by atoms with Gasteiger partial charge in [-0.25, -0.2) is 0 Å².